The van der Waals surface area contributed by atoms with Gasteiger partial charge in [-0.2, -0.15) is 0 Å². The second-order valence-electron chi connectivity index (χ2n) is 6.61. The molecular formula is C22H24N2O. The second kappa shape index (κ2) is 7.06. The number of rotatable bonds is 4. The van der Waals surface area contributed by atoms with Gasteiger partial charge in [-0.05, 0) is 37.0 Å². The number of hydrogen-bond donors (Lipinski definition) is 0. The summed E-state index contributed by atoms with van der Waals surface area (Å²) < 4.78 is 1.74. The number of aromatic nitrogens is 2. The molecular weight excluding hydrogens is 308 g/mol. The molecule has 0 aliphatic carbocycles. The molecule has 0 unspecified atom stereocenters. The van der Waals surface area contributed by atoms with Crippen LogP contribution in [0.3, 0.4) is 0 Å². The van der Waals surface area contributed by atoms with Crippen LogP contribution in [0.25, 0.3) is 17.1 Å². The van der Waals surface area contributed by atoms with Crippen LogP contribution in [0.5, 0.6) is 0 Å². The molecule has 0 saturated heterocycles. The highest BCUT2D eigenvalue weighted by molar-refractivity contribution is 5.59. The molecule has 0 fully saturated rings. The van der Waals surface area contributed by atoms with Crippen LogP contribution < -0.4 is 5.56 Å². The lowest BCUT2D eigenvalue weighted by Gasteiger charge is -2.16. The Balaban J connectivity index is 2.28. The summed E-state index contributed by atoms with van der Waals surface area (Å²) in [5.41, 5.74) is 4.66. The molecule has 0 spiro atoms. The molecule has 0 N–H and O–H groups in total. The van der Waals surface area contributed by atoms with Crippen LogP contribution in [0, 0.1) is 6.92 Å². The van der Waals surface area contributed by atoms with Gasteiger partial charge in [0.2, 0.25) is 0 Å². The highest BCUT2D eigenvalue weighted by Gasteiger charge is 2.16. The summed E-state index contributed by atoms with van der Waals surface area (Å²) in [5, 5.41) is 0. The molecule has 25 heavy (non-hydrogen) atoms. The molecule has 1 heterocycles. The normalized spacial score (nSPS) is 11.1. The van der Waals surface area contributed by atoms with E-state index < -0.39 is 0 Å². The first kappa shape index (κ1) is 17.2. The van der Waals surface area contributed by atoms with E-state index in [2.05, 4.69) is 26.0 Å². The van der Waals surface area contributed by atoms with Gasteiger partial charge in [-0.25, -0.2) is 4.98 Å². The Labute approximate surface area is 149 Å². The number of benzene rings is 2. The zero-order valence-electron chi connectivity index (χ0n) is 15.3. The predicted octanol–water partition coefficient (Wildman–Crippen LogP) is 4.89. The van der Waals surface area contributed by atoms with E-state index in [0.29, 0.717) is 18.2 Å². The molecule has 0 bridgehead atoms. The van der Waals surface area contributed by atoms with E-state index in [0.717, 1.165) is 22.5 Å². The molecule has 0 radical (unpaired) electrons. The van der Waals surface area contributed by atoms with Crippen LogP contribution in [0.15, 0.2) is 59.4 Å². The third-order valence-corrected chi connectivity index (χ3v) is 4.59. The summed E-state index contributed by atoms with van der Waals surface area (Å²) >= 11 is 0. The molecule has 0 aliphatic rings. The van der Waals surface area contributed by atoms with E-state index in [9.17, 15) is 4.79 Å². The first-order chi connectivity index (χ1) is 12.0. The van der Waals surface area contributed by atoms with E-state index in [1.165, 1.54) is 5.56 Å². The minimum atomic E-state index is 0.0196. The number of aryl methyl sites for hydroxylation is 1. The maximum Gasteiger partial charge on any atom is 0.261 e. The van der Waals surface area contributed by atoms with E-state index in [1.807, 2.05) is 56.3 Å². The first-order valence-corrected chi connectivity index (χ1v) is 8.81. The summed E-state index contributed by atoms with van der Waals surface area (Å²) in [5.74, 6) is 1.15. The topological polar surface area (TPSA) is 34.9 Å². The molecule has 1 aromatic heterocycles. The van der Waals surface area contributed by atoms with Crippen molar-refractivity contribution in [2.24, 2.45) is 0 Å². The minimum absolute atomic E-state index is 0.0196. The lowest BCUT2D eigenvalue weighted by Crippen LogP contribution is -2.26. The molecule has 128 valence electrons. The van der Waals surface area contributed by atoms with Gasteiger partial charge in [0.1, 0.15) is 5.82 Å². The van der Waals surface area contributed by atoms with Gasteiger partial charge in [-0.15, -0.1) is 0 Å². The van der Waals surface area contributed by atoms with Crippen molar-refractivity contribution >= 4 is 0 Å². The van der Waals surface area contributed by atoms with Crippen LogP contribution >= 0.6 is 0 Å². The highest BCUT2D eigenvalue weighted by atomic mass is 16.1. The summed E-state index contributed by atoms with van der Waals surface area (Å²) in [6, 6.07) is 18.1. The van der Waals surface area contributed by atoms with Crippen LogP contribution in [0.1, 0.15) is 43.5 Å². The zero-order valence-corrected chi connectivity index (χ0v) is 15.3. The summed E-state index contributed by atoms with van der Waals surface area (Å²) in [4.78, 5) is 17.9. The number of nitrogens with zero attached hydrogens (tertiary/aromatic N) is 2. The molecule has 0 atom stereocenters. The van der Waals surface area contributed by atoms with Crippen LogP contribution in [-0.2, 0) is 6.42 Å². The van der Waals surface area contributed by atoms with Crippen molar-refractivity contribution in [3.8, 4) is 17.1 Å². The predicted molar refractivity (Wildman–Crippen MR) is 103 cm³/mol. The van der Waals surface area contributed by atoms with Gasteiger partial charge < -0.3 is 0 Å². The number of hydrogen-bond acceptors (Lipinski definition) is 2. The van der Waals surface area contributed by atoms with Crippen LogP contribution in [0.4, 0.5) is 0 Å². The van der Waals surface area contributed by atoms with Gasteiger partial charge in [0.25, 0.3) is 5.56 Å². The molecule has 3 heteroatoms. The van der Waals surface area contributed by atoms with Crippen molar-refractivity contribution in [3.05, 3.63) is 81.8 Å². The fraction of sp³-hybridized carbons (Fsp3) is 0.273. The fourth-order valence-electron chi connectivity index (χ4n) is 3.10. The van der Waals surface area contributed by atoms with Crippen LogP contribution in [0.2, 0.25) is 0 Å². The third-order valence-electron chi connectivity index (χ3n) is 4.59. The molecule has 3 nitrogen and oxygen atoms in total. The molecule has 2 aromatic carbocycles. The quantitative estimate of drug-likeness (QED) is 0.681. The molecule has 0 amide bonds. The Bertz CT molecular complexity index is 923. The Morgan fingerprint density at radius 1 is 1.00 bits per heavy atom. The Kier molecular flexibility index (Phi) is 4.84. The van der Waals surface area contributed by atoms with E-state index in [1.54, 1.807) is 4.57 Å². The van der Waals surface area contributed by atoms with E-state index >= 15 is 0 Å². The van der Waals surface area contributed by atoms with Crippen LogP contribution in [-0.4, -0.2) is 9.55 Å². The fourth-order valence-corrected chi connectivity index (χ4v) is 3.10. The average Bonchev–Trinajstić information content (AvgIpc) is 2.62. The molecule has 3 aromatic rings. The van der Waals surface area contributed by atoms with Gasteiger partial charge in [0.05, 0.1) is 5.69 Å². The van der Waals surface area contributed by atoms with Gasteiger partial charge in [0, 0.05) is 16.8 Å². The zero-order chi connectivity index (χ0) is 18.0. The summed E-state index contributed by atoms with van der Waals surface area (Å²) in [7, 11) is 0. The van der Waals surface area contributed by atoms with Crippen molar-refractivity contribution in [3.63, 3.8) is 0 Å². The van der Waals surface area contributed by atoms with Gasteiger partial charge >= 0.3 is 0 Å². The van der Waals surface area contributed by atoms with Gasteiger partial charge in [-0.3, -0.25) is 9.36 Å². The van der Waals surface area contributed by atoms with Crippen molar-refractivity contribution in [1.29, 1.82) is 0 Å². The van der Waals surface area contributed by atoms with Crippen molar-refractivity contribution in [1.82, 2.24) is 9.55 Å². The lowest BCUT2D eigenvalue weighted by atomic mass is 10.0. The monoisotopic (exact) mass is 332 g/mol. The maximum absolute atomic E-state index is 13.2. The second-order valence-corrected chi connectivity index (χ2v) is 6.61. The smallest absolute Gasteiger partial charge is 0.261 e. The molecule has 0 saturated carbocycles. The van der Waals surface area contributed by atoms with Crippen molar-refractivity contribution in [2.75, 3.05) is 0 Å². The minimum Gasteiger partial charge on any atom is -0.269 e. The largest absolute Gasteiger partial charge is 0.269 e. The third kappa shape index (κ3) is 3.27. The molecule has 0 aliphatic heterocycles. The lowest BCUT2D eigenvalue weighted by molar-refractivity contribution is 0.856. The van der Waals surface area contributed by atoms with Gasteiger partial charge in [-0.1, -0.05) is 63.2 Å². The molecule has 3 rings (SSSR count). The van der Waals surface area contributed by atoms with Crippen molar-refractivity contribution < 1.29 is 0 Å². The summed E-state index contributed by atoms with van der Waals surface area (Å²) in [6.07, 6.45) is 0.677. The Hall–Kier alpha value is -2.68. The highest BCUT2D eigenvalue weighted by Crippen LogP contribution is 2.22. The Morgan fingerprint density at radius 2 is 1.64 bits per heavy atom. The van der Waals surface area contributed by atoms with Crippen molar-refractivity contribution in [2.45, 2.75) is 40.0 Å². The Morgan fingerprint density at radius 3 is 2.20 bits per heavy atom. The van der Waals surface area contributed by atoms with Gasteiger partial charge in [0.15, 0.2) is 0 Å². The standard InChI is InChI=1S/C22H24N2O/c1-5-20-16(4)23-21(18-9-7-6-8-10-18)24(22(20)25)19-13-11-17(12-14-19)15(2)3/h6-15H,5H2,1-4H3. The first-order valence-electron chi connectivity index (χ1n) is 8.81. The SMILES string of the molecule is CCc1c(C)nc(-c2ccccc2)n(-c2ccc(C(C)C)cc2)c1=O. The maximum atomic E-state index is 13.2. The van der Waals surface area contributed by atoms with E-state index in [-0.39, 0.29) is 5.56 Å². The summed E-state index contributed by atoms with van der Waals surface area (Å²) in [6.45, 7) is 8.25. The average molecular weight is 332 g/mol. The van der Waals surface area contributed by atoms with E-state index in [4.69, 9.17) is 4.98 Å².